The van der Waals surface area contributed by atoms with Crippen LogP contribution in [0.1, 0.15) is 61.3 Å². The highest BCUT2D eigenvalue weighted by atomic mass is 16.7. The fraction of sp³-hybridized carbons (Fsp3) is 0.833. The summed E-state index contributed by atoms with van der Waals surface area (Å²) in [7, 11) is -0.259. The Morgan fingerprint density at radius 2 is 1.71 bits per heavy atom. The molecule has 0 unspecified atom stereocenters. The van der Waals surface area contributed by atoms with Crippen LogP contribution in [0.5, 0.6) is 0 Å². The van der Waals surface area contributed by atoms with Gasteiger partial charge in [-0.25, -0.2) is 4.79 Å². The lowest BCUT2D eigenvalue weighted by Gasteiger charge is -2.48. The van der Waals surface area contributed by atoms with Gasteiger partial charge in [0, 0.05) is 18.5 Å². The zero-order chi connectivity index (χ0) is 18.0. The second-order valence-electron chi connectivity index (χ2n) is 9.58. The molecule has 0 aromatic rings. The van der Waals surface area contributed by atoms with E-state index in [1.807, 2.05) is 20.8 Å². The Hall–Kier alpha value is -1.01. The first-order chi connectivity index (χ1) is 10.8. The highest BCUT2D eigenvalue weighted by Gasteiger charge is 2.56. The third kappa shape index (κ3) is 3.10. The van der Waals surface area contributed by atoms with Gasteiger partial charge < -0.3 is 18.9 Å². The molecule has 3 rings (SSSR count). The third-order valence-electron chi connectivity index (χ3n) is 5.64. The molecule has 2 heterocycles. The summed E-state index contributed by atoms with van der Waals surface area (Å²) in [4.78, 5) is 13.9. The number of hydrogen-bond donors (Lipinski definition) is 0. The van der Waals surface area contributed by atoms with Gasteiger partial charge >= 0.3 is 13.2 Å². The van der Waals surface area contributed by atoms with Crippen LogP contribution in [0.3, 0.4) is 0 Å². The average molecular weight is 335 g/mol. The van der Waals surface area contributed by atoms with Crippen LogP contribution in [0.15, 0.2) is 11.5 Å². The summed E-state index contributed by atoms with van der Waals surface area (Å²) in [5, 5.41) is 0. The van der Waals surface area contributed by atoms with Gasteiger partial charge in [-0.3, -0.25) is 0 Å². The first kappa shape index (κ1) is 17.8. The summed E-state index contributed by atoms with van der Waals surface area (Å²) in [6, 6.07) is 0. The number of allylic oxidation sites excluding steroid dienone is 2. The number of amides is 1. The Bertz CT molecular complexity index is 554. The quantitative estimate of drug-likeness (QED) is 0.687. The minimum Gasteiger partial charge on any atom is -0.444 e. The van der Waals surface area contributed by atoms with Crippen molar-refractivity contribution in [1.29, 1.82) is 0 Å². The molecule has 0 bridgehead atoms. The van der Waals surface area contributed by atoms with Crippen molar-refractivity contribution in [3.8, 4) is 0 Å². The predicted octanol–water partition coefficient (Wildman–Crippen LogP) is 3.58. The molecule has 3 aliphatic rings. The summed E-state index contributed by atoms with van der Waals surface area (Å²) >= 11 is 0. The van der Waals surface area contributed by atoms with Crippen LogP contribution >= 0.6 is 0 Å². The van der Waals surface area contributed by atoms with Crippen LogP contribution in [-0.4, -0.2) is 48.0 Å². The number of likely N-dealkylation sites (tertiary alicyclic amines) is 1. The van der Waals surface area contributed by atoms with Crippen molar-refractivity contribution < 1.29 is 18.8 Å². The van der Waals surface area contributed by atoms with Crippen molar-refractivity contribution in [2.75, 3.05) is 13.1 Å². The average Bonchev–Trinajstić information content (AvgIpc) is 2.85. The second kappa shape index (κ2) is 5.24. The lowest BCUT2D eigenvalue weighted by molar-refractivity contribution is -0.0301. The van der Waals surface area contributed by atoms with Crippen LogP contribution < -0.4 is 0 Å². The summed E-state index contributed by atoms with van der Waals surface area (Å²) in [5.74, 6) is 0. The molecule has 0 N–H and O–H groups in total. The van der Waals surface area contributed by atoms with E-state index < -0.39 is 5.60 Å². The minimum absolute atomic E-state index is 0.149. The smallest absolute Gasteiger partial charge is 0.444 e. The van der Waals surface area contributed by atoms with E-state index >= 15 is 0 Å². The van der Waals surface area contributed by atoms with E-state index in [1.165, 1.54) is 5.47 Å². The summed E-state index contributed by atoms with van der Waals surface area (Å²) < 4.78 is 17.8. The monoisotopic (exact) mass is 335 g/mol. The Balaban J connectivity index is 1.55. The molecule has 0 radical (unpaired) electrons. The Morgan fingerprint density at radius 3 is 2.21 bits per heavy atom. The maximum absolute atomic E-state index is 12.1. The molecular formula is C18H30BNO4. The standard InChI is InChI=1S/C18H30BNO4/c1-15(2,3)22-14(21)20-11-18(12-20)9-8-13(10-18)19-23-16(4,5)17(6,7)24-19/h8H,9-12H2,1-7H3. The molecule has 134 valence electrons. The maximum atomic E-state index is 12.1. The molecule has 1 amide bonds. The number of carbonyl (C=O) groups excluding carboxylic acids is 1. The number of rotatable bonds is 1. The molecule has 0 aromatic carbocycles. The zero-order valence-electron chi connectivity index (χ0n) is 16.1. The van der Waals surface area contributed by atoms with Crippen LogP contribution in [-0.2, 0) is 14.0 Å². The molecular weight excluding hydrogens is 305 g/mol. The summed E-state index contributed by atoms with van der Waals surface area (Å²) in [6.07, 6.45) is 3.95. The van der Waals surface area contributed by atoms with Gasteiger partial charge in [0.2, 0.25) is 0 Å². The first-order valence-corrected chi connectivity index (χ1v) is 8.85. The van der Waals surface area contributed by atoms with Crippen LogP contribution in [0.4, 0.5) is 4.79 Å². The maximum Gasteiger partial charge on any atom is 0.490 e. The topological polar surface area (TPSA) is 48.0 Å². The molecule has 6 heteroatoms. The number of ether oxygens (including phenoxy) is 1. The molecule has 0 atom stereocenters. The van der Waals surface area contributed by atoms with Crippen molar-refractivity contribution >= 4 is 13.2 Å². The van der Waals surface area contributed by atoms with Gasteiger partial charge in [-0.1, -0.05) is 6.08 Å². The normalized spacial score (nSPS) is 27.2. The number of carbonyl (C=O) groups is 1. The predicted molar refractivity (Wildman–Crippen MR) is 93.6 cm³/mol. The van der Waals surface area contributed by atoms with Crippen LogP contribution in [0.25, 0.3) is 0 Å². The molecule has 24 heavy (non-hydrogen) atoms. The molecule has 1 spiro atoms. The number of nitrogens with zero attached hydrogens (tertiary/aromatic N) is 1. The van der Waals surface area contributed by atoms with E-state index in [2.05, 4.69) is 33.8 Å². The van der Waals surface area contributed by atoms with Crippen molar-refractivity contribution in [2.24, 2.45) is 5.41 Å². The Morgan fingerprint density at radius 1 is 1.17 bits per heavy atom. The molecule has 2 aliphatic heterocycles. The molecule has 5 nitrogen and oxygen atoms in total. The van der Waals surface area contributed by atoms with E-state index in [4.69, 9.17) is 14.0 Å². The Labute approximate surface area is 145 Å². The fourth-order valence-electron chi connectivity index (χ4n) is 3.56. The highest BCUT2D eigenvalue weighted by molar-refractivity contribution is 6.54. The SMILES string of the molecule is CC(C)(C)OC(=O)N1CC2(CC=C(B3OC(C)(C)C(C)(C)O3)C2)C1. The zero-order valence-corrected chi connectivity index (χ0v) is 16.1. The first-order valence-electron chi connectivity index (χ1n) is 8.85. The largest absolute Gasteiger partial charge is 0.490 e. The van der Waals surface area contributed by atoms with Gasteiger partial charge in [0.25, 0.3) is 0 Å². The van der Waals surface area contributed by atoms with Crippen molar-refractivity contribution in [1.82, 2.24) is 4.90 Å². The Kier molecular flexibility index (Phi) is 3.89. The van der Waals surface area contributed by atoms with E-state index in [0.29, 0.717) is 0 Å². The lowest BCUT2D eigenvalue weighted by Crippen LogP contribution is -2.58. The second-order valence-corrected chi connectivity index (χ2v) is 9.58. The van der Waals surface area contributed by atoms with E-state index in [9.17, 15) is 4.79 Å². The van der Waals surface area contributed by atoms with Gasteiger partial charge in [0.1, 0.15) is 5.60 Å². The third-order valence-corrected chi connectivity index (χ3v) is 5.64. The van der Waals surface area contributed by atoms with Gasteiger partial charge in [0.05, 0.1) is 11.2 Å². The van der Waals surface area contributed by atoms with Crippen molar-refractivity contribution in [3.05, 3.63) is 11.5 Å². The van der Waals surface area contributed by atoms with Crippen LogP contribution in [0, 0.1) is 5.41 Å². The van der Waals surface area contributed by atoms with Crippen molar-refractivity contribution in [2.45, 2.75) is 78.1 Å². The van der Waals surface area contributed by atoms with Crippen LogP contribution in [0.2, 0.25) is 0 Å². The van der Waals surface area contributed by atoms with Gasteiger partial charge in [-0.15, -0.1) is 0 Å². The highest BCUT2D eigenvalue weighted by Crippen LogP contribution is 2.48. The number of hydrogen-bond acceptors (Lipinski definition) is 4. The van der Waals surface area contributed by atoms with Gasteiger partial charge in [-0.05, 0) is 66.8 Å². The lowest BCUT2D eigenvalue weighted by atomic mass is 9.70. The molecule has 2 fully saturated rings. The summed E-state index contributed by atoms with van der Waals surface area (Å²) in [5.41, 5.74) is 0.307. The molecule has 0 saturated carbocycles. The van der Waals surface area contributed by atoms with Crippen molar-refractivity contribution in [3.63, 3.8) is 0 Å². The van der Waals surface area contributed by atoms with Gasteiger partial charge in [-0.2, -0.15) is 0 Å². The van der Waals surface area contributed by atoms with E-state index in [0.717, 1.165) is 25.9 Å². The molecule has 1 aliphatic carbocycles. The fourth-order valence-corrected chi connectivity index (χ4v) is 3.56. The van der Waals surface area contributed by atoms with E-state index in [1.54, 1.807) is 4.90 Å². The van der Waals surface area contributed by atoms with E-state index in [-0.39, 0.29) is 29.8 Å². The van der Waals surface area contributed by atoms with Gasteiger partial charge in [0.15, 0.2) is 0 Å². The summed E-state index contributed by atoms with van der Waals surface area (Å²) in [6.45, 7) is 15.5. The molecule has 2 saturated heterocycles. The molecule has 0 aromatic heterocycles. The minimum atomic E-state index is -0.443.